The van der Waals surface area contributed by atoms with Gasteiger partial charge in [-0.1, -0.05) is 0 Å². The van der Waals surface area contributed by atoms with Crippen molar-refractivity contribution < 1.29 is 9.47 Å². The van der Waals surface area contributed by atoms with E-state index in [2.05, 4.69) is 35.9 Å². The second-order valence-corrected chi connectivity index (χ2v) is 9.24. The largest absolute Gasteiger partial charge is 0.488 e. The lowest BCUT2D eigenvalue weighted by molar-refractivity contribution is 0.0242. The van der Waals surface area contributed by atoms with Crippen molar-refractivity contribution in [2.75, 3.05) is 26.3 Å². The van der Waals surface area contributed by atoms with Crippen LogP contribution in [0.2, 0.25) is 0 Å². The summed E-state index contributed by atoms with van der Waals surface area (Å²) in [6.07, 6.45) is 11.4. The summed E-state index contributed by atoms with van der Waals surface area (Å²) in [5.74, 6) is 1.08. The minimum absolute atomic E-state index is 0.00136. The summed E-state index contributed by atoms with van der Waals surface area (Å²) in [6.45, 7) is 7.21. The van der Waals surface area contributed by atoms with Crippen molar-refractivity contribution in [3.63, 3.8) is 0 Å². The van der Waals surface area contributed by atoms with Crippen molar-refractivity contribution in [1.82, 2.24) is 24.3 Å². The maximum Gasteiger partial charge on any atom is 0.179 e. The molecule has 0 unspecified atom stereocenters. The number of nitrogens with zero attached hydrogens (tertiary/aromatic N) is 7. The lowest BCUT2D eigenvalue weighted by Crippen LogP contribution is -2.31. The zero-order chi connectivity index (χ0) is 23.7. The van der Waals surface area contributed by atoms with E-state index in [0.29, 0.717) is 22.7 Å². The predicted octanol–water partition coefficient (Wildman–Crippen LogP) is 3.69. The van der Waals surface area contributed by atoms with Crippen LogP contribution in [-0.4, -0.2) is 56.7 Å². The zero-order valence-electron chi connectivity index (χ0n) is 19.6. The zero-order valence-corrected chi connectivity index (χ0v) is 19.6. The van der Waals surface area contributed by atoms with Crippen molar-refractivity contribution in [3.8, 4) is 29.1 Å². The Balaban J connectivity index is 1.48. The molecule has 1 atom stereocenters. The molecule has 0 bridgehead atoms. The molecule has 0 aliphatic carbocycles. The first-order valence-electron chi connectivity index (χ1n) is 11.9. The van der Waals surface area contributed by atoms with E-state index in [0.717, 1.165) is 68.8 Å². The number of rotatable bonds is 5. The average Bonchev–Trinajstić information content (AvgIpc) is 3.48. The van der Waals surface area contributed by atoms with E-state index in [1.54, 1.807) is 15.6 Å². The van der Waals surface area contributed by atoms with E-state index in [9.17, 15) is 5.26 Å². The Morgan fingerprint density at radius 3 is 2.59 bits per heavy atom. The molecule has 176 valence electrons. The molecule has 0 amide bonds. The standard InChI is InChI=1S/C25H29N7O2/c1-17-23(14-29-32(17)22-3-7-30(16-27)8-4-22)20-11-24(25-21(12-26)13-28-31(25)15-20)34-18(2)19-5-9-33-10-6-19/h11,13-15,18-19,22H,3-10H2,1-2H3/t18-/m1/s1. The number of hydrogen-bond donors (Lipinski definition) is 0. The van der Waals surface area contributed by atoms with Crippen molar-refractivity contribution in [2.24, 2.45) is 5.92 Å². The molecule has 5 heterocycles. The predicted molar refractivity (Wildman–Crippen MR) is 125 cm³/mol. The fourth-order valence-electron chi connectivity index (χ4n) is 5.17. The number of hydrogen-bond acceptors (Lipinski definition) is 7. The topological polar surface area (TPSA) is 104 Å². The van der Waals surface area contributed by atoms with Crippen LogP contribution in [0.1, 0.15) is 49.9 Å². The van der Waals surface area contributed by atoms with Gasteiger partial charge in [0.05, 0.1) is 24.5 Å². The summed E-state index contributed by atoms with van der Waals surface area (Å²) in [5, 5.41) is 27.9. The van der Waals surface area contributed by atoms with E-state index in [4.69, 9.17) is 19.8 Å². The molecule has 5 rings (SSSR count). The Bertz CT molecular complexity index is 1250. The average molecular weight is 460 g/mol. The monoisotopic (exact) mass is 459 g/mol. The van der Waals surface area contributed by atoms with Gasteiger partial charge < -0.3 is 14.4 Å². The molecule has 3 aromatic heterocycles. The molecule has 0 aromatic carbocycles. The molecule has 34 heavy (non-hydrogen) atoms. The molecule has 2 aliphatic rings. The van der Waals surface area contributed by atoms with Gasteiger partial charge in [-0.2, -0.15) is 20.7 Å². The van der Waals surface area contributed by atoms with E-state index in [1.807, 2.05) is 18.5 Å². The third kappa shape index (κ3) is 4.08. The van der Waals surface area contributed by atoms with Gasteiger partial charge in [0.2, 0.25) is 0 Å². The van der Waals surface area contributed by atoms with E-state index in [1.165, 1.54) is 0 Å². The normalized spacial score (nSPS) is 18.5. The van der Waals surface area contributed by atoms with Gasteiger partial charge in [-0.05, 0) is 51.5 Å². The number of likely N-dealkylation sites (tertiary alicyclic amines) is 1. The number of pyridine rings is 1. The highest BCUT2D eigenvalue weighted by Crippen LogP contribution is 2.35. The molecule has 3 aromatic rings. The highest BCUT2D eigenvalue weighted by molar-refractivity contribution is 5.76. The first-order valence-corrected chi connectivity index (χ1v) is 11.9. The van der Waals surface area contributed by atoms with Crippen LogP contribution < -0.4 is 4.74 Å². The van der Waals surface area contributed by atoms with Gasteiger partial charge in [-0.15, -0.1) is 0 Å². The van der Waals surface area contributed by atoms with Gasteiger partial charge >= 0.3 is 0 Å². The van der Waals surface area contributed by atoms with Gasteiger partial charge in [0.1, 0.15) is 22.9 Å². The van der Waals surface area contributed by atoms with Crippen molar-refractivity contribution in [3.05, 3.63) is 35.9 Å². The Labute approximate surface area is 199 Å². The quantitative estimate of drug-likeness (QED) is 0.536. The van der Waals surface area contributed by atoms with E-state index < -0.39 is 0 Å². The Hall–Kier alpha value is -3.56. The molecule has 2 fully saturated rings. The van der Waals surface area contributed by atoms with Gasteiger partial charge in [0, 0.05) is 49.3 Å². The maximum atomic E-state index is 9.63. The van der Waals surface area contributed by atoms with Crippen LogP contribution >= 0.6 is 0 Å². The Morgan fingerprint density at radius 2 is 1.88 bits per heavy atom. The highest BCUT2D eigenvalue weighted by atomic mass is 16.5. The fraction of sp³-hybridized carbons (Fsp3) is 0.520. The molecule has 0 spiro atoms. The van der Waals surface area contributed by atoms with E-state index >= 15 is 0 Å². The fourth-order valence-corrected chi connectivity index (χ4v) is 5.17. The summed E-state index contributed by atoms with van der Waals surface area (Å²) < 4.78 is 15.8. The Morgan fingerprint density at radius 1 is 1.12 bits per heavy atom. The van der Waals surface area contributed by atoms with Gasteiger partial charge in [-0.3, -0.25) is 4.68 Å². The first-order chi connectivity index (χ1) is 16.6. The number of nitriles is 2. The third-order valence-electron chi connectivity index (χ3n) is 7.25. The Kier molecular flexibility index (Phi) is 6.12. The van der Waals surface area contributed by atoms with Crippen LogP contribution in [0.25, 0.3) is 16.6 Å². The van der Waals surface area contributed by atoms with Gasteiger partial charge in [0.25, 0.3) is 0 Å². The summed E-state index contributed by atoms with van der Waals surface area (Å²) in [4.78, 5) is 1.80. The van der Waals surface area contributed by atoms with Crippen LogP contribution in [0, 0.1) is 35.6 Å². The molecule has 2 aliphatic heterocycles. The number of ether oxygens (including phenoxy) is 2. The molecule has 0 N–H and O–H groups in total. The lowest BCUT2D eigenvalue weighted by Gasteiger charge is -2.29. The van der Waals surface area contributed by atoms with Gasteiger partial charge in [0.15, 0.2) is 6.19 Å². The second kappa shape index (κ2) is 9.36. The number of aromatic nitrogens is 4. The van der Waals surface area contributed by atoms with Crippen molar-refractivity contribution in [1.29, 1.82) is 10.5 Å². The summed E-state index contributed by atoms with van der Waals surface area (Å²) in [7, 11) is 0. The summed E-state index contributed by atoms with van der Waals surface area (Å²) >= 11 is 0. The molecular weight excluding hydrogens is 430 g/mol. The smallest absolute Gasteiger partial charge is 0.179 e. The molecule has 2 saturated heterocycles. The van der Waals surface area contributed by atoms with E-state index in [-0.39, 0.29) is 12.1 Å². The van der Waals surface area contributed by atoms with Crippen LogP contribution in [-0.2, 0) is 4.74 Å². The molecule has 9 nitrogen and oxygen atoms in total. The minimum Gasteiger partial charge on any atom is -0.488 e. The first kappa shape index (κ1) is 22.2. The molecule has 0 radical (unpaired) electrons. The summed E-state index contributed by atoms with van der Waals surface area (Å²) in [6, 6.07) is 4.54. The van der Waals surface area contributed by atoms with Crippen molar-refractivity contribution in [2.45, 2.75) is 51.7 Å². The van der Waals surface area contributed by atoms with Gasteiger partial charge in [-0.25, -0.2) is 4.52 Å². The maximum absolute atomic E-state index is 9.63. The highest BCUT2D eigenvalue weighted by Gasteiger charge is 2.26. The van der Waals surface area contributed by atoms with Crippen LogP contribution in [0.15, 0.2) is 24.7 Å². The minimum atomic E-state index is -0.00136. The third-order valence-corrected chi connectivity index (χ3v) is 7.25. The SMILES string of the molecule is Cc1c(-c2cc(O[C@H](C)C3CCOCC3)c3c(C#N)cnn3c2)cnn1C1CCN(C#N)CC1. The molecule has 0 saturated carbocycles. The number of piperidine rings is 1. The summed E-state index contributed by atoms with van der Waals surface area (Å²) in [5.41, 5.74) is 4.23. The van der Waals surface area contributed by atoms with Crippen LogP contribution in [0.3, 0.4) is 0 Å². The lowest BCUT2D eigenvalue weighted by atomic mass is 9.95. The molecule has 9 heteroatoms. The van der Waals surface area contributed by atoms with Crippen LogP contribution in [0.5, 0.6) is 5.75 Å². The molecular formula is C25H29N7O2. The van der Waals surface area contributed by atoms with Crippen molar-refractivity contribution >= 4 is 5.52 Å². The van der Waals surface area contributed by atoms with Crippen LogP contribution in [0.4, 0.5) is 0 Å². The second-order valence-electron chi connectivity index (χ2n) is 9.24. The number of fused-ring (bicyclic) bond motifs is 1.